The maximum Gasteiger partial charge on any atom is 0.196 e. The number of aromatic nitrogens is 2. The molecule has 0 fully saturated rings. The molecule has 0 radical (unpaired) electrons. The Labute approximate surface area is 212 Å². The predicted molar refractivity (Wildman–Crippen MR) is 139 cm³/mol. The Morgan fingerprint density at radius 3 is 2.35 bits per heavy atom. The van der Waals surface area contributed by atoms with E-state index in [-0.39, 0.29) is 5.43 Å². The summed E-state index contributed by atoms with van der Waals surface area (Å²) < 4.78 is 13.6. The molecular formula is C27H18Br2N2O3. The van der Waals surface area contributed by atoms with E-state index in [2.05, 4.69) is 41.8 Å². The Morgan fingerprint density at radius 2 is 1.59 bits per heavy atom. The first-order valence-electron chi connectivity index (χ1n) is 10.6. The van der Waals surface area contributed by atoms with Gasteiger partial charge in [0.15, 0.2) is 11.2 Å². The van der Waals surface area contributed by atoms with Gasteiger partial charge in [-0.05, 0) is 73.8 Å². The van der Waals surface area contributed by atoms with Crippen molar-refractivity contribution in [2.24, 2.45) is 0 Å². The molecule has 0 saturated carbocycles. The number of benzene rings is 2. The topological polar surface area (TPSA) is 65.2 Å². The monoisotopic (exact) mass is 576 g/mol. The van der Waals surface area contributed by atoms with E-state index in [4.69, 9.17) is 9.15 Å². The molecule has 0 unspecified atom stereocenters. The van der Waals surface area contributed by atoms with Crippen LogP contribution in [-0.2, 0) is 13.0 Å². The minimum atomic E-state index is -0.116. The Kier molecular flexibility index (Phi) is 6.56. The molecule has 5 nitrogen and oxygen atoms in total. The highest BCUT2D eigenvalue weighted by Gasteiger charge is 2.19. The van der Waals surface area contributed by atoms with Crippen molar-refractivity contribution >= 4 is 42.8 Å². The van der Waals surface area contributed by atoms with Crippen LogP contribution in [0.5, 0.6) is 5.75 Å². The van der Waals surface area contributed by atoms with Gasteiger partial charge in [-0.15, -0.1) is 0 Å². The van der Waals surface area contributed by atoms with E-state index in [9.17, 15) is 4.79 Å². The van der Waals surface area contributed by atoms with Gasteiger partial charge in [-0.2, -0.15) is 0 Å². The molecule has 0 N–H and O–H groups in total. The Hall–Kier alpha value is -3.29. The van der Waals surface area contributed by atoms with Gasteiger partial charge in [0.05, 0.1) is 10.9 Å². The van der Waals surface area contributed by atoms with Crippen LogP contribution < -0.4 is 10.2 Å². The lowest BCUT2D eigenvalue weighted by atomic mass is 10.0. The van der Waals surface area contributed by atoms with Crippen LogP contribution >= 0.6 is 31.9 Å². The van der Waals surface area contributed by atoms with Crippen LogP contribution in [0.15, 0.2) is 103 Å². The average molecular weight is 578 g/mol. The lowest BCUT2D eigenvalue weighted by Gasteiger charge is -2.12. The number of hydrogen-bond acceptors (Lipinski definition) is 5. The third-order valence-corrected chi connectivity index (χ3v) is 6.17. The van der Waals surface area contributed by atoms with Crippen molar-refractivity contribution in [2.75, 3.05) is 0 Å². The molecular weight excluding hydrogens is 560 g/mol. The van der Waals surface area contributed by atoms with E-state index >= 15 is 0 Å². The van der Waals surface area contributed by atoms with E-state index in [1.54, 1.807) is 18.2 Å². The van der Waals surface area contributed by atoms with Crippen molar-refractivity contribution in [3.05, 3.63) is 121 Å². The highest BCUT2D eigenvalue weighted by molar-refractivity contribution is 9.10. The quantitative estimate of drug-likeness (QED) is 0.204. The van der Waals surface area contributed by atoms with Crippen LogP contribution in [0.3, 0.4) is 0 Å². The maximum absolute atomic E-state index is 13.6. The molecule has 0 spiro atoms. The van der Waals surface area contributed by atoms with Gasteiger partial charge in [0.1, 0.15) is 32.8 Å². The minimum absolute atomic E-state index is 0.116. The molecule has 3 heterocycles. The summed E-state index contributed by atoms with van der Waals surface area (Å²) in [6.07, 6.45) is 0.313. The first-order chi connectivity index (χ1) is 16.6. The van der Waals surface area contributed by atoms with Crippen molar-refractivity contribution in [1.82, 2.24) is 9.97 Å². The van der Waals surface area contributed by atoms with E-state index in [1.807, 2.05) is 66.7 Å². The molecule has 7 heteroatoms. The van der Waals surface area contributed by atoms with Gasteiger partial charge < -0.3 is 9.15 Å². The molecule has 0 amide bonds. The molecule has 3 aromatic heterocycles. The van der Waals surface area contributed by atoms with Gasteiger partial charge in [0.25, 0.3) is 0 Å². The summed E-state index contributed by atoms with van der Waals surface area (Å²) in [5, 5.41) is 0.482. The highest BCUT2D eigenvalue weighted by Crippen LogP contribution is 2.29. The minimum Gasteiger partial charge on any atom is -0.489 e. The van der Waals surface area contributed by atoms with E-state index < -0.39 is 0 Å². The molecule has 34 heavy (non-hydrogen) atoms. The molecule has 5 aromatic rings. The van der Waals surface area contributed by atoms with Gasteiger partial charge in [0.2, 0.25) is 0 Å². The summed E-state index contributed by atoms with van der Waals surface area (Å²) in [6.45, 7) is 0.420. The van der Waals surface area contributed by atoms with Gasteiger partial charge in [0, 0.05) is 18.2 Å². The first kappa shape index (κ1) is 22.5. The van der Waals surface area contributed by atoms with Gasteiger partial charge in [-0.3, -0.25) is 4.79 Å². The summed E-state index contributed by atoms with van der Waals surface area (Å²) in [7, 11) is 0. The molecule has 0 aliphatic heterocycles. The number of nitrogens with zero attached hydrogens (tertiary/aromatic N) is 2. The van der Waals surface area contributed by atoms with Crippen LogP contribution in [0.2, 0.25) is 0 Å². The van der Waals surface area contributed by atoms with Crippen LogP contribution in [0.4, 0.5) is 0 Å². The maximum atomic E-state index is 13.6. The zero-order valence-electron chi connectivity index (χ0n) is 17.9. The number of pyridine rings is 2. The Bertz CT molecular complexity index is 1530. The molecule has 2 aromatic carbocycles. The zero-order valence-corrected chi connectivity index (χ0v) is 21.0. The summed E-state index contributed by atoms with van der Waals surface area (Å²) >= 11 is 6.81. The van der Waals surface area contributed by atoms with E-state index in [0.717, 1.165) is 11.3 Å². The third kappa shape index (κ3) is 4.95. The second-order valence-electron chi connectivity index (χ2n) is 7.65. The molecule has 0 atom stereocenters. The van der Waals surface area contributed by atoms with Crippen LogP contribution in [0, 0.1) is 0 Å². The fourth-order valence-electron chi connectivity index (χ4n) is 3.67. The third-order valence-electron chi connectivity index (χ3n) is 5.28. The van der Waals surface area contributed by atoms with Crippen molar-refractivity contribution in [3.8, 4) is 17.2 Å². The van der Waals surface area contributed by atoms with Crippen molar-refractivity contribution in [2.45, 2.75) is 13.0 Å². The number of rotatable bonds is 6. The van der Waals surface area contributed by atoms with Crippen LogP contribution in [0.1, 0.15) is 16.8 Å². The van der Waals surface area contributed by atoms with Gasteiger partial charge in [-0.25, -0.2) is 9.97 Å². The smallest absolute Gasteiger partial charge is 0.196 e. The van der Waals surface area contributed by atoms with E-state index in [1.165, 1.54) is 0 Å². The van der Waals surface area contributed by atoms with Crippen LogP contribution in [-0.4, -0.2) is 9.97 Å². The fourth-order valence-corrected chi connectivity index (χ4v) is 4.40. The highest BCUT2D eigenvalue weighted by atomic mass is 79.9. The fraction of sp³-hybridized carbons (Fsp3) is 0.0741. The second-order valence-corrected chi connectivity index (χ2v) is 9.27. The van der Waals surface area contributed by atoms with Crippen molar-refractivity contribution in [3.63, 3.8) is 0 Å². The lowest BCUT2D eigenvalue weighted by molar-refractivity contribution is 0.306. The zero-order chi connectivity index (χ0) is 23.5. The molecule has 0 bridgehead atoms. The number of fused-ring (bicyclic) bond motifs is 1. The second kappa shape index (κ2) is 9.91. The average Bonchev–Trinajstić information content (AvgIpc) is 2.85. The summed E-state index contributed by atoms with van der Waals surface area (Å²) in [4.78, 5) is 22.6. The molecule has 0 aliphatic carbocycles. The van der Waals surface area contributed by atoms with Crippen molar-refractivity contribution in [1.29, 1.82) is 0 Å². The first-order valence-corrected chi connectivity index (χ1v) is 12.2. The normalized spacial score (nSPS) is 11.0. The Balaban J connectivity index is 1.60. The summed E-state index contributed by atoms with van der Waals surface area (Å²) in [6, 6.07) is 26.3. The van der Waals surface area contributed by atoms with Crippen LogP contribution in [0.25, 0.3) is 22.4 Å². The van der Waals surface area contributed by atoms with E-state index in [0.29, 0.717) is 56.0 Å². The largest absolute Gasteiger partial charge is 0.489 e. The predicted octanol–water partition coefficient (Wildman–Crippen LogP) is 6.94. The van der Waals surface area contributed by atoms with Gasteiger partial charge >= 0.3 is 0 Å². The Morgan fingerprint density at radius 1 is 0.824 bits per heavy atom. The number of ether oxygens (including phenoxy) is 1. The lowest BCUT2D eigenvalue weighted by Crippen LogP contribution is -2.13. The summed E-state index contributed by atoms with van der Waals surface area (Å²) in [5.41, 5.74) is 3.20. The number of halogens is 2. The van der Waals surface area contributed by atoms with Crippen molar-refractivity contribution < 1.29 is 9.15 Å². The molecule has 0 aliphatic rings. The molecule has 0 saturated heterocycles. The standard InChI is InChI=1S/C27H18Br2N2O3/c28-24-10-4-8-18(30-24)14-21-26(32)20-13-12-19(33-16-17-6-2-1-3-7-17)15-23(20)34-27(21)22-9-5-11-25(29)31-22/h1-13,15H,14,16H2. The number of hydrogen-bond donors (Lipinski definition) is 0. The SMILES string of the molecule is O=c1c(Cc2cccc(Br)n2)c(-c2cccc(Br)n2)oc2cc(OCc3ccccc3)ccc12. The molecule has 168 valence electrons. The summed E-state index contributed by atoms with van der Waals surface area (Å²) in [5.74, 6) is 1.04. The molecule has 5 rings (SSSR count). The van der Waals surface area contributed by atoms with Gasteiger partial charge in [-0.1, -0.05) is 42.5 Å².